The number of hydrogen-bond donors (Lipinski definition) is 1. The maximum absolute atomic E-state index is 5.90. The second-order valence-corrected chi connectivity index (χ2v) is 4.26. The van der Waals surface area contributed by atoms with E-state index in [4.69, 9.17) is 11.6 Å². The van der Waals surface area contributed by atoms with Crippen molar-refractivity contribution in [2.45, 2.75) is 12.5 Å². The van der Waals surface area contributed by atoms with Crippen molar-refractivity contribution in [3.63, 3.8) is 0 Å². The minimum atomic E-state index is 0.588. The zero-order valence-corrected chi connectivity index (χ0v) is 8.59. The van der Waals surface area contributed by atoms with Gasteiger partial charge in [0.05, 0.1) is 0 Å². The van der Waals surface area contributed by atoms with E-state index in [1.165, 1.54) is 5.56 Å². The first-order valence-corrected chi connectivity index (χ1v) is 5.35. The first kappa shape index (κ1) is 8.50. The number of anilines is 1. The van der Waals surface area contributed by atoms with Crippen LogP contribution < -0.4 is 10.2 Å². The predicted molar refractivity (Wildman–Crippen MR) is 57.0 cm³/mol. The number of rotatable bonds is 0. The fourth-order valence-electron chi connectivity index (χ4n) is 2.34. The van der Waals surface area contributed by atoms with Gasteiger partial charge >= 0.3 is 0 Å². The number of halogens is 1. The molecule has 3 rings (SSSR count). The van der Waals surface area contributed by atoms with E-state index in [0.29, 0.717) is 11.2 Å². The van der Waals surface area contributed by atoms with E-state index in [0.717, 1.165) is 31.9 Å². The maximum Gasteiger partial charge on any atom is 0.133 e. The minimum absolute atomic E-state index is 0.588. The van der Waals surface area contributed by atoms with E-state index >= 15 is 0 Å². The molecule has 1 aromatic heterocycles. The van der Waals surface area contributed by atoms with E-state index in [1.54, 1.807) is 0 Å². The van der Waals surface area contributed by atoms with Gasteiger partial charge in [0.1, 0.15) is 11.0 Å². The molecule has 4 heteroatoms. The van der Waals surface area contributed by atoms with Crippen LogP contribution in [0.5, 0.6) is 0 Å². The normalized spacial score (nSPS) is 24.6. The molecule has 3 heterocycles. The van der Waals surface area contributed by atoms with Gasteiger partial charge in [-0.1, -0.05) is 17.7 Å². The number of nitrogens with zero attached hydrogens (tertiary/aromatic N) is 2. The van der Waals surface area contributed by atoms with Gasteiger partial charge in [0.2, 0.25) is 0 Å². The number of pyridine rings is 1. The number of hydrogen-bond acceptors (Lipinski definition) is 3. The van der Waals surface area contributed by atoms with Gasteiger partial charge in [0.25, 0.3) is 0 Å². The van der Waals surface area contributed by atoms with Crippen LogP contribution in [0.25, 0.3) is 0 Å². The van der Waals surface area contributed by atoms with Crippen LogP contribution in [0.4, 0.5) is 5.82 Å². The molecule has 0 aromatic carbocycles. The molecule has 3 nitrogen and oxygen atoms in total. The van der Waals surface area contributed by atoms with Crippen LogP contribution in [0.3, 0.4) is 0 Å². The van der Waals surface area contributed by atoms with Crippen molar-refractivity contribution in [3.8, 4) is 0 Å². The third-order valence-electron chi connectivity index (χ3n) is 3.00. The molecule has 0 radical (unpaired) electrons. The van der Waals surface area contributed by atoms with Crippen LogP contribution in [0, 0.1) is 0 Å². The Hall–Kier alpha value is -0.800. The summed E-state index contributed by atoms with van der Waals surface area (Å²) in [6.07, 6.45) is 1.10. The van der Waals surface area contributed by atoms with Crippen LogP contribution in [-0.2, 0) is 6.42 Å². The van der Waals surface area contributed by atoms with Crippen LogP contribution in [0.2, 0.25) is 5.15 Å². The summed E-state index contributed by atoms with van der Waals surface area (Å²) in [5.74, 6) is 1.10. The summed E-state index contributed by atoms with van der Waals surface area (Å²) in [7, 11) is 0. The summed E-state index contributed by atoms with van der Waals surface area (Å²) < 4.78 is 0. The lowest BCUT2D eigenvalue weighted by Crippen LogP contribution is -2.49. The second kappa shape index (κ2) is 3.11. The van der Waals surface area contributed by atoms with Gasteiger partial charge in [0.15, 0.2) is 0 Å². The van der Waals surface area contributed by atoms with Crippen LogP contribution >= 0.6 is 11.6 Å². The molecule has 0 spiro atoms. The average molecular weight is 210 g/mol. The molecule has 0 amide bonds. The third-order valence-corrected chi connectivity index (χ3v) is 3.21. The van der Waals surface area contributed by atoms with Gasteiger partial charge in [-0.25, -0.2) is 4.98 Å². The number of fused-ring (bicyclic) bond motifs is 3. The summed E-state index contributed by atoms with van der Waals surface area (Å²) in [4.78, 5) is 6.77. The summed E-state index contributed by atoms with van der Waals surface area (Å²) in [5.41, 5.74) is 1.34. The quantitative estimate of drug-likeness (QED) is 0.648. The maximum atomic E-state index is 5.90. The smallest absolute Gasteiger partial charge is 0.133 e. The Morgan fingerprint density at radius 2 is 2.43 bits per heavy atom. The largest absolute Gasteiger partial charge is 0.350 e. The molecule has 0 bridgehead atoms. The zero-order valence-electron chi connectivity index (χ0n) is 7.83. The van der Waals surface area contributed by atoms with Gasteiger partial charge in [-0.05, 0) is 18.1 Å². The highest BCUT2D eigenvalue weighted by molar-refractivity contribution is 6.29. The van der Waals surface area contributed by atoms with Crippen molar-refractivity contribution in [3.05, 3.63) is 22.8 Å². The van der Waals surface area contributed by atoms with Crippen LogP contribution in [0.1, 0.15) is 5.56 Å². The van der Waals surface area contributed by atoms with Gasteiger partial charge in [-0.3, -0.25) is 0 Å². The summed E-state index contributed by atoms with van der Waals surface area (Å²) >= 11 is 5.90. The third kappa shape index (κ3) is 1.20. The fraction of sp³-hybridized carbons (Fsp3) is 0.500. The van der Waals surface area contributed by atoms with E-state index in [1.807, 2.05) is 6.07 Å². The Kier molecular flexibility index (Phi) is 1.89. The highest BCUT2D eigenvalue weighted by Gasteiger charge is 2.32. The molecule has 2 aliphatic rings. The topological polar surface area (TPSA) is 28.2 Å². The van der Waals surface area contributed by atoms with Crippen LogP contribution in [-0.4, -0.2) is 30.7 Å². The monoisotopic (exact) mass is 209 g/mol. The molecule has 74 valence electrons. The minimum Gasteiger partial charge on any atom is -0.350 e. The molecule has 14 heavy (non-hydrogen) atoms. The average Bonchev–Trinajstić information content (AvgIpc) is 2.56. The molecular weight excluding hydrogens is 198 g/mol. The molecule has 2 aliphatic heterocycles. The first-order chi connectivity index (χ1) is 6.84. The van der Waals surface area contributed by atoms with Crippen molar-refractivity contribution in [1.29, 1.82) is 0 Å². The first-order valence-electron chi connectivity index (χ1n) is 4.97. The lowest BCUT2D eigenvalue weighted by molar-refractivity contribution is 0.493. The Morgan fingerprint density at radius 1 is 1.50 bits per heavy atom. The molecule has 1 aromatic rings. The van der Waals surface area contributed by atoms with Crippen molar-refractivity contribution in [2.24, 2.45) is 0 Å². The number of aromatic nitrogens is 1. The lowest BCUT2D eigenvalue weighted by Gasteiger charge is -2.31. The highest BCUT2D eigenvalue weighted by Crippen LogP contribution is 2.31. The van der Waals surface area contributed by atoms with E-state index in [-0.39, 0.29) is 0 Å². The molecule has 1 saturated heterocycles. The molecular formula is C10H12ClN3. The lowest BCUT2D eigenvalue weighted by atomic mass is 10.1. The molecule has 0 saturated carbocycles. The van der Waals surface area contributed by atoms with E-state index < -0.39 is 0 Å². The molecule has 1 N–H and O–H groups in total. The van der Waals surface area contributed by atoms with Gasteiger partial charge < -0.3 is 10.2 Å². The SMILES string of the molecule is Clc1ccc2c(n1)N1CCNCC1C2. The van der Waals surface area contributed by atoms with Gasteiger partial charge in [-0.15, -0.1) is 0 Å². The summed E-state index contributed by atoms with van der Waals surface area (Å²) in [6.45, 7) is 3.16. The van der Waals surface area contributed by atoms with Crippen molar-refractivity contribution < 1.29 is 0 Å². The van der Waals surface area contributed by atoms with Gasteiger partial charge in [0, 0.05) is 25.7 Å². The van der Waals surface area contributed by atoms with Gasteiger partial charge in [-0.2, -0.15) is 0 Å². The molecule has 0 aliphatic carbocycles. The van der Waals surface area contributed by atoms with Crippen molar-refractivity contribution >= 4 is 17.4 Å². The van der Waals surface area contributed by atoms with Crippen LogP contribution in [0.15, 0.2) is 12.1 Å². The Bertz CT molecular complexity index is 366. The summed E-state index contributed by atoms with van der Waals surface area (Å²) in [6, 6.07) is 4.57. The van der Waals surface area contributed by atoms with Crippen molar-refractivity contribution in [1.82, 2.24) is 10.3 Å². The fourth-order valence-corrected chi connectivity index (χ4v) is 2.48. The number of nitrogens with one attached hydrogen (secondary N) is 1. The predicted octanol–water partition coefficient (Wildman–Crippen LogP) is 1.07. The molecule has 1 unspecified atom stereocenters. The Morgan fingerprint density at radius 3 is 3.36 bits per heavy atom. The van der Waals surface area contributed by atoms with Crippen molar-refractivity contribution in [2.75, 3.05) is 24.5 Å². The van der Waals surface area contributed by atoms with E-state index in [2.05, 4.69) is 21.3 Å². The molecule has 1 fully saturated rings. The molecule has 1 atom stereocenters. The van der Waals surface area contributed by atoms with E-state index in [9.17, 15) is 0 Å². The summed E-state index contributed by atoms with van der Waals surface area (Å²) in [5, 5.41) is 4.00. The second-order valence-electron chi connectivity index (χ2n) is 3.87. The standard InChI is InChI=1S/C10H12ClN3/c11-9-2-1-7-5-8-6-12-3-4-14(8)10(7)13-9/h1-2,8,12H,3-6H2. The number of piperazine rings is 1. The Labute approximate surface area is 88.1 Å². The highest BCUT2D eigenvalue weighted by atomic mass is 35.5. The zero-order chi connectivity index (χ0) is 9.54. The Balaban J connectivity index is 2.02.